The molecule has 0 amide bonds. The largest absolute Gasteiger partial charge is 0.393 e. The Labute approximate surface area is 102 Å². The van der Waals surface area contributed by atoms with E-state index in [-0.39, 0.29) is 11.3 Å². The molecule has 96 valence electrons. The predicted molar refractivity (Wildman–Crippen MR) is 62.7 cm³/mol. The van der Waals surface area contributed by atoms with Crippen molar-refractivity contribution in [1.29, 1.82) is 0 Å². The third kappa shape index (κ3) is 2.25. The van der Waals surface area contributed by atoms with Gasteiger partial charge in [0.15, 0.2) is 5.78 Å². The van der Waals surface area contributed by atoms with Crippen molar-refractivity contribution in [1.82, 2.24) is 4.57 Å². The van der Waals surface area contributed by atoms with E-state index in [0.29, 0.717) is 16.5 Å². The van der Waals surface area contributed by atoms with Gasteiger partial charge in [-0.3, -0.25) is 4.79 Å². The average Bonchev–Trinajstić information content (AvgIpc) is 2.55. The molecular formula is C13H12F3NO. The molecule has 0 radical (unpaired) electrons. The highest BCUT2D eigenvalue weighted by atomic mass is 19.4. The van der Waals surface area contributed by atoms with Crippen LogP contribution in [-0.2, 0) is 13.5 Å². The van der Waals surface area contributed by atoms with Gasteiger partial charge >= 0.3 is 6.18 Å². The van der Waals surface area contributed by atoms with Crippen LogP contribution >= 0.6 is 0 Å². The van der Waals surface area contributed by atoms with Crippen molar-refractivity contribution in [3.8, 4) is 0 Å². The molecule has 2 aromatic rings. The zero-order valence-electron chi connectivity index (χ0n) is 10.0. The molecule has 1 aromatic heterocycles. The second kappa shape index (κ2) is 4.15. The second-order valence-electron chi connectivity index (χ2n) is 4.31. The maximum atomic E-state index is 12.5. The number of aryl methyl sites for hydroxylation is 1. The van der Waals surface area contributed by atoms with E-state index in [0.717, 1.165) is 0 Å². The van der Waals surface area contributed by atoms with Crippen LogP contribution in [0.4, 0.5) is 13.2 Å². The summed E-state index contributed by atoms with van der Waals surface area (Å²) < 4.78 is 39.2. The minimum Gasteiger partial charge on any atom is -0.350 e. The molecule has 0 atom stereocenters. The van der Waals surface area contributed by atoms with Gasteiger partial charge in [-0.2, -0.15) is 13.2 Å². The first kappa shape index (κ1) is 12.7. The van der Waals surface area contributed by atoms with E-state index in [9.17, 15) is 18.0 Å². The summed E-state index contributed by atoms with van der Waals surface area (Å²) in [5, 5.41) is 0.407. The first-order valence-electron chi connectivity index (χ1n) is 5.44. The number of halogens is 3. The smallest absolute Gasteiger partial charge is 0.350 e. The predicted octanol–water partition coefficient (Wildman–Crippen LogP) is 3.49. The molecule has 0 fully saturated rings. The molecule has 2 nitrogen and oxygen atoms in total. The Morgan fingerprint density at radius 2 is 2.00 bits per heavy atom. The molecule has 0 N–H and O–H groups in total. The van der Waals surface area contributed by atoms with Crippen LogP contribution in [0.5, 0.6) is 0 Å². The number of nitrogens with zero attached hydrogens (tertiary/aromatic N) is 1. The maximum Gasteiger partial charge on any atom is 0.393 e. The molecule has 0 bridgehead atoms. The van der Waals surface area contributed by atoms with E-state index in [1.54, 1.807) is 29.9 Å². The van der Waals surface area contributed by atoms with Crippen molar-refractivity contribution in [2.24, 2.45) is 7.05 Å². The molecule has 0 aliphatic heterocycles. The van der Waals surface area contributed by atoms with Crippen LogP contribution < -0.4 is 0 Å². The molecule has 0 unspecified atom stereocenters. The Hall–Kier alpha value is -1.78. The number of carbonyl (C=O) groups excluding carboxylic acids is 1. The first-order chi connectivity index (χ1) is 8.29. The Balaban J connectivity index is 2.70. The lowest BCUT2D eigenvalue weighted by Gasteiger charge is -2.08. The molecule has 0 saturated heterocycles. The Kier molecular flexibility index (Phi) is 2.92. The number of aromatic nitrogens is 1. The maximum absolute atomic E-state index is 12.5. The quantitative estimate of drug-likeness (QED) is 0.753. The lowest BCUT2D eigenvalue weighted by Crippen LogP contribution is -2.12. The van der Waals surface area contributed by atoms with Gasteiger partial charge in [-0.25, -0.2) is 0 Å². The van der Waals surface area contributed by atoms with Crippen LogP contribution in [0, 0.1) is 0 Å². The van der Waals surface area contributed by atoms with Gasteiger partial charge in [0.25, 0.3) is 0 Å². The minimum atomic E-state index is -4.28. The standard InChI is InChI=1S/C13H12F3NO/c1-8(18)10-7-17(2)11-5-3-4-9(12(10)11)6-13(14,15)16/h3-5,7H,6H2,1-2H3. The monoisotopic (exact) mass is 255 g/mol. The normalized spacial score (nSPS) is 12.1. The number of rotatable bonds is 2. The lowest BCUT2D eigenvalue weighted by molar-refractivity contribution is -0.127. The highest BCUT2D eigenvalue weighted by Crippen LogP contribution is 2.30. The first-order valence-corrected chi connectivity index (χ1v) is 5.44. The van der Waals surface area contributed by atoms with Gasteiger partial charge in [-0.05, 0) is 18.6 Å². The Morgan fingerprint density at radius 1 is 1.33 bits per heavy atom. The van der Waals surface area contributed by atoms with Gasteiger partial charge in [-0.15, -0.1) is 0 Å². The summed E-state index contributed by atoms with van der Waals surface area (Å²) in [6, 6.07) is 4.71. The van der Waals surface area contributed by atoms with E-state index in [2.05, 4.69) is 0 Å². The summed E-state index contributed by atoms with van der Waals surface area (Å²) >= 11 is 0. The van der Waals surface area contributed by atoms with Crippen LogP contribution in [0.2, 0.25) is 0 Å². The summed E-state index contributed by atoms with van der Waals surface area (Å²) in [4.78, 5) is 11.5. The topological polar surface area (TPSA) is 22.0 Å². The Morgan fingerprint density at radius 3 is 2.56 bits per heavy atom. The van der Waals surface area contributed by atoms with Gasteiger partial charge in [-0.1, -0.05) is 12.1 Å². The zero-order chi connectivity index (χ0) is 13.5. The van der Waals surface area contributed by atoms with E-state index in [1.807, 2.05) is 0 Å². The molecule has 0 saturated carbocycles. The van der Waals surface area contributed by atoms with Gasteiger partial charge < -0.3 is 4.57 Å². The van der Waals surface area contributed by atoms with Crippen LogP contribution in [0.25, 0.3) is 10.9 Å². The third-order valence-corrected chi connectivity index (χ3v) is 2.87. The lowest BCUT2D eigenvalue weighted by atomic mass is 10.0. The number of benzene rings is 1. The van der Waals surface area contributed by atoms with Gasteiger partial charge in [0, 0.05) is 29.7 Å². The van der Waals surface area contributed by atoms with Gasteiger partial charge in [0.1, 0.15) is 0 Å². The van der Waals surface area contributed by atoms with E-state index >= 15 is 0 Å². The van der Waals surface area contributed by atoms with Crippen molar-refractivity contribution >= 4 is 16.7 Å². The zero-order valence-corrected chi connectivity index (χ0v) is 10.0. The number of ketones is 1. The van der Waals surface area contributed by atoms with Crippen molar-refractivity contribution in [2.45, 2.75) is 19.5 Å². The highest BCUT2D eigenvalue weighted by Gasteiger charge is 2.29. The summed E-state index contributed by atoms with van der Waals surface area (Å²) in [7, 11) is 1.71. The molecular weight excluding hydrogens is 243 g/mol. The SMILES string of the molecule is CC(=O)c1cn(C)c2cccc(CC(F)(F)F)c12. The third-order valence-electron chi connectivity index (χ3n) is 2.87. The van der Waals surface area contributed by atoms with Crippen LogP contribution in [0.15, 0.2) is 24.4 Å². The van der Waals surface area contributed by atoms with Crippen LogP contribution in [-0.4, -0.2) is 16.5 Å². The molecule has 1 aromatic carbocycles. The van der Waals surface area contributed by atoms with Crippen LogP contribution in [0.1, 0.15) is 22.8 Å². The summed E-state index contributed by atoms with van der Waals surface area (Å²) in [5.74, 6) is -0.227. The number of fused-ring (bicyclic) bond motifs is 1. The van der Waals surface area contributed by atoms with Crippen LogP contribution in [0.3, 0.4) is 0 Å². The molecule has 2 rings (SSSR count). The fraction of sp³-hybridized carbons (Fsp3) is 0.308. The number of alkyl halides is 3. The molecule has 5 heteroatoms. The molecule has 1 heterocycles. The van der Waals surface area contributed by atoms with E-state index < -0.39 is 12.6 Å². The summed E-state index contributed by atoms with van der Waals surface area (Å²) in [6.45, 7) is 1.36. The average molecular weight is 255 g/mol. The second-order valence-corrected chi connectivity index (χ2v) is 4.31. The van der Waals surface area contributed by atoms with Gasteiger partial charge in [0.05, 0.1) is 6.42 Å². The minimum absolute atomic E-state index is 0.144. The Bertz CT molecular complexity index is 610. The van der Waals surface area contributed by atoms with E-state index in [1.165, 1.54) is 13.0 Å². The van der Waals surface area contributed by atoms with Crippen molar-refractivity contribution < 1.29 is 18.0 Å². The number of hydrogen-bond donors (Lipinski definition) is 0. The number of hydrogen-bond acceptors (Lipinski definition) is 1. The number of carbonyl (C=O) groups is 1. The van der Waals surface area contributed by atoms with Gasteiger partial charge in [0.2, 0.25) is 0 Å². The van der Waals surface area contributed by atoms with E-state index in [4.69, 9.17) is 0 Å². The highest BCUT2D eigenvalue weighted by molar-refractivity contribution is 6.08. The number of Topliss-reactive ketones (excluding diaryl/α,β-unsaturated/α-hetero) is 1. The summed E-state index contributed by atoms with van der Waals surface area (Å²) in [6.07, 6.45) is -3.72. The van der Waals surface area contributed by atoms with Crippen molar-refractivity contribution in [3.63, 3.8) is 0 Å². The molecule has 0 spiro atoms. The fourth-order valence-electron chi connectivity index (χ4n) is 2.15. The molecule has 0 aliphatic carbocycles. The molecule has 18 heavy (non-hydrogen) atoms. The molecule has 0 aliphatic rings. The summed E-state index contributed by atoms with van der Waals surface area (Å²) in [5.41, 5.74) is 1.13. The van der Waals surface area contributed by atoms with Crippen molar-refractivity contribution in [2.75, 3.05) is 0 Å². The van der Waals surface area contributed by atoms with Crippen molar-refractivity contribution in [3.05, 3.63) is 35.5 Å². The fourth-order valence-corrected chi connectivity index (χ4v) is 2.15.